The van der Waals surface area contributed by atoms with Crippen molar-refractivity contribution in [3.05, 3.63) is 41.9 Å². The number of carbonyl (C=O) groups excluding carboxylic acids is 1. The Morgan fingerprint density at radius 2 is 2.19 bits per heavy atom. The van der Waals surface area contributed by atoms with Gasteiger partial charge in [0.15, 0.2) is 0 Å². The highest BCUT2D eigenvalue weighted by atomic mass is 32.2. The van der Waals surface area contributed by atoms with E-state index < -0.39 is 0 Å². The van der Waals surface area contributed by atoms with Gasteiger partial charge in [-0.25, -0.2) is 9.78 Å². The molecular weight excluding hydrogens is 352 g/mol. The van der Waals surface area contributed by atoms with Crippen LogP contribution in [-0.4, -0.2) is 50.2 Å². The summed E-state index contributed by atoms with van der Waals surface area (Å²) in [4.78, 5) is 22.0. The highest BCUT2D eigenvalue weighted by Crippen LogP contribution is 2.20. The lowest BCUT2D eigenvalue weighted by Gasteiger charge is -2.21. The molecule has 1 atom stereocenters. The molecule has 9 heteroatoms. The second-order valence-electron chi connectivity index (χ2n) is 5.99. The topological polar surface area (TPSA) is 99.9 Å². The van der Waals surface area contributed by atoms with E-state index in [4.69, 9.17) is 4.42 Å². The van der Waals surface area contributed by atoms with Crippen LogP contribution in [0, 0.1) is 6.92 Å². The van der Waals surface area contributed by atoms with Gasteiger partial charge in [0.1, 0.15) is 12.4 Å². The van der Waals surface area contributed by atoms with Crippen LogP contribution in [0.3, 0.4) is 0 Å². The number of aromatic nitrogens is 4. The number of urea groups is 1. The molecule has 0 aliphatic rings. The van der Waals surface area contributed by atoms with E-state index in [2.05, 4.69) is 25.5 Å². The van der Waals surface area contributed by atoms with Gasteiger partial charge in [0.2, 0.25) is 11.8 Å². The maximum Gasteiger partial charge on any atom is 0.318 e. The normalized spacial score (nSPS) is 12.3. The van der Waals surface area contributed by atoms with Gasteiger partial charge < -0.3 is 19.6 Å². The molecule has 0 spiro atoms. The maximum absolute atomic E-state index is 12.6. The molecule has 2 N–H and O–H groups in total. The third-order valence-electron chi connectivity index (χ3n) is 3.93. The van der Waals surface area contributed by atoms with E-state index in [9.17, 15) is 4.79 Å². The molecule has 0 bridgehead atoms. The third kappa shape index (κ3) is 4.34. The van der Waals surface area contributed by atoms with Crippen LogP contribution in [0.25, 0.3) is 11.0 Å². The number of fused-ring (bicyclic) bond motifs is 1. The minimum absolute atomic E-state index is 0.200. The predicted octanol–water partition coefficient (Wildman–Crippen LogP) is 2.89. The summed E-state index contributed by atoms with van der Waals surface area (Å²) in [6.45, 7) is 1.97. The predicted molar refractivity (Wildman–Crippen MR) is 101 cm³/mol. The number of aryl methyl sites for hydroxylation is 1. The molecule has 2 heterocycles. The molecule has 3 rings (SSSR count). The van der Waals surface area contributed by atoms with Crippen molar-refractivity contribution >= 4 is 28.8 Å². The lowest BCUT2D eigenvalue weighted by Crippen LogP contribution is -2.39. The van der Waals surface area contributed by atoms with Crippen molar-refractivity contribution in [2.75, 3.05) is 19.1 Å². The fraction of sp³-hybridized carbons (Fsp3) is 0.412. The molecule has 2 aromatic heterocycles. The number of thioether (sulfide) groups is 1. The molecule has 138 valence electrons. The van der Waals surface area contributed by atoms with Crippen molar-refractivity contribution in [1.29, 1.82) is 0 Å². The molecule has 0 radical (unpaired) electrons. The Bertz CT molecular complexity index is 844. The number of H-pyrrole nitrogens is 1. The van der Waals surface area contributed by atoms with E-state index in [0.29, 0.717) is 11.8 Å². The lowest BCUT2D eigenvalue weighted by atomic mass is 10.2. The molecule has 0 aliphatic heterocycles. The van der Waals surface area contributed by atoms with E-state index in [1.807, 2.05) is 30.5 Å². The summed E-state index contributed by atoms with van der Waals surface area (Å²) in [7, 11) is 1.69. The fourth-order valence-corrected chi connectivity index (χ4v) is 3.06. The Balaban J connectivity index is 1.71. The Morgan fingerprint density at radius 1 is 1.38 bits per heavy atom. The minimum atomic E-state index is -0.215. The summed E-state index contributed by atoms with van der Waals surface area (Å²) >= 11 is 1.73. The third-order valence-corrected chi connectivity index (χ3v) is 4.58. The molecule has 2 amide bonds. The number of nitrogens with one attached hydrogen (secondary N) is 2. The van der Waals surface area contributed by atoms with E-state index in [0.717, 1.165) is 29.0 Å². The van der Waals surface area contributed by atoms with Gasteiger partial charge in [-0.1, -0.05) is 12.1 Å². The van der Waals surface area contributed by atoms with Crippen molar-refractivity contribution in [2.45, 2.75) is 25.9 Å². The standard InChI is InChI=1S/C17H22N6O2S/c1-11-21-22-15(25-11)10-23(2)17(24)20-14(8-9-26-3)16-18-12-6-4-5-7-13(12)19-16/h4-7,14H,8-10H2,1-3H3,(H,18,19)(H,20,24)/t14-/m0/s1. The maximum atomic E-state index is 12.6. The molecular formula is C17H22N6O2S. The molecule has 26 heavy (non-hydrogen) atoms. The summed E-state index contributed by atoms with van der Waals surface area (Å²) in [5.74, 6) is 2.56. The van der Waals surface area contributed by atoms with Crippen LogP contribution in [0.15, 0.2) is 28.7 Å². The summed E-state index contributed by atoms with van der Waals surface area (Å²) in [5.41, 5.74) is 1.85. The van der Waals surface area contributed by atoms with Gasteiger partial charge in [-0.2, -0.15) is 11.8 Å². The van der Waals surface area contributed by atoms with Crippen molar-refractivity contribution in [3.63, 3.8) is 0 Å². The van der Waals surface area contributed by atoms with E-state index in [-0.39, 0.29) is 18.6 Å². The van der Waals surface area contributed by atoms with Gasteiger partial charge in [0, 0.05) is 14.0 Å². The van der Waals surface area contributed by atoms with Gasteiger partial charge in [0.25, 0.3) is 0 Å². The van der Waals surface area contributed by atoms with Crippen molar-refractivity contribution in [3.8, 4) is 0 Å². The number of benzene rings is 1. The zero-order chi connectivity index (χ0) is 18.5. The first-order chi connectivity index (χ1) is 12.6. The van der Waals surface area contributed by atoms with E-state index >= 15 is 0 Å². The zero-order valence-electron chi connectivity index (χ0n) is 15.0. The van der Waals surface area contributed by atoms with Crippen LogP contribution < -0.4 is 5.32 Å². The van der Waals surface area contributed by atoms with Gasteiger partial charge in [0.05, 0.1) is 17.1 Å². The largest absolute Gasteiger partial charge is 0.424 e. The number of hydrogen-bond acceptors (Lipinski definition) is 6. The summed E-state index contributed by atoms with van der Waals surface area (Å²) in [5, 5.41) is 10.7. The van der Waals surface area contributed by atoms with Crippen molar-refractivity contribution in [1.82, 2.24) is 30.4 Å². The summed E-state index contributed by atoms with van der Waals surface area (Å²) in [6.07, 6.45) is 2.82. The number of aromatic amines is 1. The quantitative estimate of drug-likeness (QED) is 0.660. The second-order valence-corrected chi connectivity index (χ2v) is 6.98. The average Bonchev–Trinajstić information content (AvgIpc) is 3.24. The molecule has 1 aromatic carbocycles. The minimum Gasteiger partial charge on any atom is -0.424 e. The van der Waals surface area contributed by atoms with Gasteiger partial charge in [-0.05, 0) is 30.6 Å². The monoisotopic (exact) mass is 374 g/mol. The Morgan fingerprint density at radius 3 is 2.88 bits per heavy atom. The molecule has 8 nitrogen and oxygen atoms in total. The summed E-state index contributed by atoms with van der Waals surface area (Å²) in [6, 6.07) is 7.42. The van der Waals surface area contributed by atoms with Crippen molar-refractivity contribution < 1.29 is 9.21 Å². The SMILES string of the molecule is CSCC[C@H](NC(=O)N(C)Cc1nnc(C)o1)c1nc2ccccc2[nH]1. The zero-order valence-corrected chi connectivity index (χ0v) is 15.8. The van der Waals surface area contributed by atoms with Gasteiger partial charge in [-0.15, -0.1) is 10.2 Å². The first-order valence-corrected chi connectivity index (χ1v) is 9.70. The first kappa shape index (κ1) is 18.2. The van der Waals surface area contributed by atoms with Crippen LogP contribution in [0.1, 0.15) is 30.1 Å². The van der Waals surface area contributed by atoms with Crippen LogP contribution in [0.4, 0.5) is 4.79 Å². The number of carbonyl (C=O) groups is 1. The summed E-state index contributed by atoms with van der Waals surface area (Å²) < 4.78 is 5.33. The number of imidazole rings is 1. The van der Waals surface area contributed by atoms with Crippen LogP contribution in [-0.2, 0) is 6.54 Å². The number of hydrogen-bond donors (Lipinski definition) is 2. The lowest BCUT2D eigenvalue weighted by molar-refractivity contribution is 0.197. The molecule has 0 aliphatic carbocycles. The number of amides is 2. The van der Waals surface area contributed by atoms with Gasteiger partial charge >= 0.3 is 6.03 Å². The van der Waals surface area contributed by atoms with Gasteiger partial charge in [-0.3, -0.25) is 0 Å². The second kappa shape index (κ2) is 8.22. The van der Waals surface area contributed by atoms with E-state index in [1.165, 1.54) is 4.90 Å². The first-order valence-electron chi connectivity index (χ1n) is 8.31. The molecule has 3 aromatic rings. The molecule has 0 saturated heterocycles. The van der Waals surface area contributed by atoms with Crippen molar-refractivity contribution in [2.24, 2.45) is 0 Å². The number of para-hydroxylation sites is 2. The Hall–Kier alpha value is -2.55. The van der Waals surface area contributed by atoms with Crippen LogP contribution >= 0.6 is 11.8 Å². The smallest absolute Gasteiger partial charge is 0.318 e. The Kier molecular flexibility index (Phi) is 5.77. The van der Waals surface area contributed by atoms with E-state index in [1.54, 1.807) is 25.7 Å². The molecule has 0 unspecified atom stereocenters. The number of nitrogens with zero attached hydrogens (tertiary/aromatic N) is 4. The molecule has 0 fully saturated rings. The highest BCUT2D eigenvalue weighted by molar-refractivity contribution is 7.98. The Labute approximate surface area is 155 Å². The molecule has 0 saturated carbocycles. The van der Waals surface area contributed by atoms with Crippen LogP contribution in [0.2, 0.25) is 0 Å². The fourth-order valence-electron chi connectivity index (χ4n) is 2.59. The van der Waals surface area contributed by atoms with Crippen LogP contribution in [0.5, 0.6) is 0 Å². The highest BCUT2D eigenvalue weighted by Gasteiger charge is 2.21. The average molecular weight is 374 g/mol. The number of rotatable bonds is 7.